The second kappa shape index (κ2) is 11.3. The maximum atomic E-state index is 6.27. The Kier molecular flexibility index (Phi) is 7.67. The monoisotopic (exact) mass is 444 g/mol. The van der Waals surface area contributed by atoms with E-state index in [0.29, 0.717) is 42.9 Å². The highest BCUT2D eigenvalue weighted by molar-refractivity contribution is 6.17. The van der Waals surface area contributed by atoms with Gasteiger partial charge in [-0.25, -0.2) is 0 Å². The third-order valence-electron chi connectivity index (χ3n) is 4.99. The van der Waals surface area contributed by atoms with Gasteiger partial charge in [0.1, 0.15) is 19.8 Å². The predicted molar refractivity (Wildman–Crippen MR) is 128 cm³/mol. The van der Waals surface area contributed by atoms with Gasteiger partial charge >= 0.3 is 0 Å². The molecule has 0 saturated carbocycles. The minimum absolute atomic E-state index is 0.310. The summed E-state index contributed by atoms with van der Waals surface area (Å²) in [5.74, 6) is 2.12. The molecular formula is C28H25ClO3. The Morgan fingerprint density at radius 2 is 0.906 bits per heavy atom. The van der Waals surface area contributed by atoms with Crippen molar-refractivity contribution in [1.29, 1.82) is 0 Å². The number of benzene rings is 4. The smallest absolute Gasteiger partial charge is 0.204 e. The normalized spacial score (nSPS) is 10.5. The van der Waals surface area contributed by atoms with E-state index < -0.39 is 0 Å². The minimum Gasteiger partial charge on any atom is -0.485 e. The third kappa shape index (κ3) is 5.83. The number of rotatable bonds is 10. The Hall–Kier alpha value is -3.43. The van der Waals surface area contributed by atoms with E-state index in [4.69, 9.17) is 25.8 Å². The van der Waals surface area contributed by atoms with E-state index in [0.717, 1.165) is 22.3 Å². The van der Waals surface area contributed by atoms with Crippen molar-refractivity contribution in [3.05, 3.63) is 125 Å². The van der Waals surface area contributed by atoms with Crippen LogP contribution in [0.25, 0.3) is 0 Å². The fourth-order valence-corrected chi connectivity index (χ4v) is 3.50. The van der Waals surface area contributed by atoms with Crippen molar-refractivity contribution < 1.29 is 14.2 Å². The first kappa shape index (κ1) is 21.8. The molecule has 0 aliphatic heterocycles. The molecule has 3 nitrogen and oxygen atoms in total. The van der Waals surface area contributed by atoms with E-state index in [1.807, 2.05) is 103 Å². The van der Waals surface area contributed by atoms with Gasteiger partial charge < -0.3 is 14.2 Å². The molecule has 4 aromatic carbocycles. The predicted octanol–water partition coefficient (Wildman–Crippen LogP) is 7.16. The molecule has 162 valence electrons. The lowest BCUT2D eigenvalue weighted by Crippen LogP contribution is -2.05. The maximum Gasteiger partial charge on any atom is 0.204 e. The van der Waals surface area contributed by atoms with Gasteiger partial charge in [-0.15, -0.1) is 11.6 Å². The second-order valence-electron chi connectivity index (χ2n) is 7.34. The standard InChI is InChI=1S/C28H25ClO3/c29-18-25-16-17-26(30-19-22-10-4-1-5-11-22)28(32-21-24-14-8-3-9-15-24)27(25)31-20-23-12-6-2-7-13-23/h1-17H,18-21H2. The SMILES string of the molecule is ClCc1ccc(OCc2ccccc2)c(OCc2ccccc2)c1OCc1ccccc1. The average Bonchev–Trinajstić information content (AvgIpc) is 2.87. The first-order chi connectivity index (χ1) is 15.8. The van der Waals surface area contributed by atoms with E-state index in [-0.39, 0.29) is 0 Å². The molecule has 0 fully saturated rings. The Labute approximate surface area is 194 Å². The summed E-state index contributed by atoms with van der Waals surface area (Å²) in [7, 11) is 0. The Morgan fingerprint density at radius 1 is 0.469 bits per heavy atom. The van der Waals surface area contributed by atoms with Crippen molar-refractivity contribution in [3.63, 3.8) is 0 Å². The van der Waals surface area contributed by atoms with Crippen molar-refractivity contribution in [3.8, 4) is 17.2 Å². The van der Waals surface area contributed by atoms with Gasteiger partial charge in [0.25, 0.3) is 0 Å². The van der Waals surface area contributed by atoms with E-state index >= 15 is 0 Å². The molecule has 0 aliphatic rings. The molecule has 4 heteroatoms. The summed E-state index contributed by atoms with van der Waals surface area (Å²) in [5, 5.41) is 0. The summed E-state index contributed by atoms with van der Waals surface area (Å²) in [6.07, 6.45) is 0. The van der Waals surface area contributed by atoms with Crippen LogP contribution >= 0.6 is 11.6 Å². The molecule has 0 unspecified atom stereocenters. The zero-order valence-corrected chi connectivity index (χ0v) is 18.5. The number of alkyl halides is 1. The van der Waals surface area contributed by atoms with Crippen LogP contribution in [0.4, 0.5) is 0 Å². The first-order valence-corrected chi connectivity index (χ1v) is 11.1. The van der Waals surface area contributed by atoms with Gasteiger partial charge in [0.15, 0.2) is 11.5 Å². The van der Waals surface area contributed by atoms with Crippen LogP contribution < -0.4 is 14.2 Å². The lowest BCUT2D eigenvalue weighted by Gasteiger charge is -2.19. The first-order valence-electron chi connectivity index (χ1n) is 10.6. The van der Waals surface area contributed by atoms with Gasteiger partial charge in [0.2, 0.25) is 5.75 Å². The van der Waals surface area contributed by atoms with Gasteiger partial charge in [0.05, 0.1) is 5.88 Å². The topological polar surface area (TPSA) is 27.7 Å². The largest absolute Gasteiger partial charge is 0.485 e. The van der Waals surface area contributed by atoms with Crippen LogP contribution in [0.5, 0.6) is 17.2 Å². The van der Waals surface area contributed by atoms with E-state index in [1.165, 1.54) is 0 Å². The fraction of sp³-hybridized carbons (Fsp3) is 0.143. The summed E-state index contributed by atoms with van der Waals surface area (Å²) in [6.45, 7) is 1.24. The van der Waals surface area contributed by atoms with E-state index in [1.54, 1.807) is 0 Å². The molecule has 0 atom stereocenters. The maximum absolute atomic E-state index is 6.27. The van der Waals surface area contributed by atoms with Gasteiger partial charge in [0, 0.05) is 5.56 Å². The van der Waals surface area contributed by atoms with Crippen molar-refractivity contribution in [2.75, 3.05) is 0 Å². The van der Waals surface area contributed by atoms with Crippen LogP contribution in [0, 0.1) is 0 Å². The average molecular weight is 445 g/mol. The fourth-order valence-electron chi connectivity index (χ4n) is 3.29. The molecule has 0 aliphatic carbocycles. The summed E-state index contributed by atoms with van der Waals surface area (Å²) in [5.41, 5.74) is 4.07. The lowest BCUT2D eigenvalue weighted by molar-refractivity contribution is 0.229. The van der Waals surface area contributed by atoms with Crippen molar-refractivity contribution in [2.45, 2.75) is 25.7 Å². The van der Waals surface area contributed by atoms with Crippen LogP contribution in [-0.2, 0) is 25.7 Å². The molecule has 0 N–H and O–H groups in total. The van der Waals surface area contributed by atoms with Crippen LogP contribution in [0.3, 0.4) is 0 Å². The van der Waals surface area contributed by atoms with Crippen molar-refractivity contribution in [2.24, 2.45) is 0 Å². The van der Waals surface area contributed by atoms with Gasteiger partial charge in [-0.05, 0) is 22.8 Å². The van der Waals surface area contributed by atoms with Crippen LogP contribution in [-0.4, -0.2) is 0 Å². The van der Waals surface area contributed by atoms with Crippen LogP contribution in [0.1, 0.15) is 22.3 Å². The molecule has 0 heterocycles. The summed E-state index contributed by atoms with van der Waals surface area (Å²) < 4.78 is 18.7. The number of ether oxygens (including phenoxy) is 3. The van der Waals surface area contributed by atoms with Gasteiger partial charge in [-0.3, -0.25) is 0 Å². The Bertz CT molecular complexity index is 1100. The molecule has 0 spiro atoms. The summed E-state index contributed by atoms with van der Waals surface area (Å²) in [4.78, 5) is 0. The zero-order chi connectivity index (χ0) is 22.0. The van der Waals surface area contributed by atoms with Crippen LogP contribution in [0.2, 0.25) is 0 Å². The Morgan fingerprint density at radius 3 is 1.38 bits per heavy atom. The zero-order valence-electron chi connectivity index (χ0n) is 17.7. The molecule has 0 aromatic heterocycles. The summed E-state index contributed by atoms with van der Waals surface area (Å²) >= 11 is 6.25. The Balaban J connectivity index is 1.62. The molecule has 0 amide bonds. The molecular weight excluding hydrogens is 420 g/mol. The van der Waals surface area contributed by atoms with Crippen LogP contribution in [0.15, 0.2) is 103 Å². The number of hydrogen-bond acceptors (Lipinski definition) is 3. The molecule has 0 radical (unpaired) electrons. The quantitative estimate of drug-likeness (QED) is 0.243. The van der Waals surface area contributed by atoms with E-state index in [9.17, 15) is 0 Å². The number of hydrogen-bond donors (Lipinski definition) is 0. The molecule has 0 bridgehead atoms. The van der Waals surface area contributed by atoms with Crippen molar-refractivity contribution in [1.82, 2.24) is 0 Å². The highest BCUT2D eigenvalue weighted by Crippen LogP contribution is 2.42. The van der Waals surface area contributed by atoms with Gasteiger partial charge in [-0.2, -0.15) is 0 Å². The van der Waals surface area contributed by atoms with Gasteiger partial charge in [-0.1, -0.05) is 97.1 Å². The summed E-state index contributed by atoms with van der Waals surface area (Å²) in [6, 6.07) is 33.9. The van der Waals surface area contributed by atoms with Crippen molar-refractivity contribution >= 4 is 11.6 Å². The van der Waals surface area contributed by atoms with E-state index in [2.05, 4.69) is 0 Å². The highest BCUT2D eigenvalue weighted by Gasteiger charge is 2.18. The molecule has 0 saturated heterocycles. The molecule has 4 aromatic rings. The lowest BCUT2D eigenvalue weighted by atomic mass is 10.1. The third-order valence-corrected chi connectivity index (χ3v) is 5.28. The minimum atomic E-state index is 0.310. The second-order valence-corrected chi connectivity index (χ2v) is 7.60. The molecule has 32 heavy (non-hydrogen) atoms. The highest BCUT2D eigenvalue weighted by atomic mass is 35.5. The molecule has 4 rings (SSSR count). The number of halogens is 1.